The third kappa shape index (κ3) is 1.73. The smallest absolute Gasteiger partial charge is 0.106 e. The Morgan fingerprint density at radius 2 is 2.09 bits per heavy atom. The van der Waals surface area contributed by atoms with Crippen molar-refractivity contribution in [2.24, 2.45) is 16.5 Å². The van der Waals surface area contributed by atoms with Crippen molar-refractivity contribution in [2.45, 2.75) is 33.6 Å². The highest BCUT2D eigenvalue weighted by Gasteiger charge is 2.36. The van der Waals surface area contributed by atoms with Gasteiger partial charge < -0.3 is 4.84 Å². The lowest BCUT2D eigenvalue weighted by Gasteiger charge is -2.38. The van der Waals surface area contributed by atoms with Gasteiger partial charge in [-0.25, -0.2) is 0 Å². The van der Waals surface area contributed by atoms with Crippen LogP contribution in [0.5, 0.6) is 0 Å². The maximum atomic E-state index is 4.76. The lowest BCUT2D eigenvalue weighted by Crippen LogP contribution is -2.36. The molecular weight excluding hydrogens is 138 g/mol. The Morgan fingerprint density at radius 3 is 2.36 bits per heavy atom. The van der Waals surface area contributed by atoms with Crippen LogP contribution in [-0.4, -0.2) is 12.8 Å². The Hall–Kier alpha value is -0.530. The van der Waals surface area contributed by atoms with E-state index in [0.29, 0.717) is 11.3 Å². The molecule has 0 bridgehead atoms. The average Bonchev–Trinajstić information content (AvgIpc) is 1.75. The molecule has 1 aliphatic rings. The average molecular weight is 155 g/mol. The Balaban J connectivity index is 2.57. The fourth-order valence-electron chi connectivity index (χ4n) is 1.58. The first-order valence-corrected chi connectivity index (χ1v) is 4.15. The standard InChI is InChI=1S/C9H17NO/c1-9(2,3)7-5-6-8(7)10-11-4/h7H,5-6H2,1-4H3/b10-8-. The van der Waals surface area contributed by atoms with Crippen molar-refractivity contribution >= 4 is 5.71 Å². The molecule has 64 valence electrons. The van der Waals surface area contributed by atoms with Crippen LogP contribution in [0.2, 0.25) is 0 Å². The number of oxime groups is 1. The number of hydrogen-bond acceptors (Lipinski definition) is 2. The summed E-state index contributed by atoms with van der Waals surface area (Å²) in [5, 5.41) is 3.99. The highest BCUT2D eigenvalue weighted by atomic mass is 16.6. The maximum absolute atomic E-state index is 4.76. The van der Waals surface area contributed by atoms with Gasteiger partial charge in [0.15, 0.2) is 0 Å². The van der Waals surface area contributed by atoms with Crippen molar-refractivity contribution in [3.8, 4) is 0 Å². The van der Waals surface area contributed by atoms with Crippen LogP contribution in [0.1, 0.15) is 33.6 Å². The summed E-state index contributed by atoms with van der Waals surface area (Å²) in [4.78, 5) is 4.76. The summed E-state index contributed by atoms with van der Waals surface area (Å²) < 4.78 is 0. The zero-order valence-corrected chi connectivity index (χ0v) is 7.85. The second-order valence-electron chi connectivity index (χ2n) is 4.22. The number of hydrogen-bond donors (Lipinski definition) is 0. The maximum Gasteiger partial charge on any atom is 0.106 e. The van der Waals surface area contributed by atoms with Gasteiger partial charge in [-0.15, -0.1) is 0 Å². The third-order valence-corrected chi connectivity index (χ3v) is 2.35. The topological polar surface area (TPSA) is 21.6 Å². The summed E-state index contributed by atoms with van der Waals surface area (Å²) in [6.07, 6.45) is 2.39. The first kappa shape index (κ1) is 8.57. The van der Waals surface area contributed by atoms with Crippen LogP contribution in [0.3, 0.4) is 0 Å². The highest BCUT2D eigenvalue weighted by Crippen LogP contribution is 2.39. The van der Waals surface area contributed by atoms with E-state index in [9.17, 15) is 0 Å². The van der Waals surface area contributed by atoms with Crippen molar-refractivity contribution < 1.29 is 4.84 Å². The monoisotopic (exact) mass is 155 g/mol. The van der Waals surface area contributed by atoms with Crippen molar-refractivity contribution in [3.63, 3.8) is 0 Å². The molecule has 1 unspecified atom stereocenters. The molecule has 0 N–H and O–H groups in total. The van der Waals surface area contributed by atoms with Crippen molar-refractivity contribution in [1.82, 2.24) is 0 Å². The van der Waals surface area contributed by atoms with Gasteiger partial charge in [0.05, 0.1) is 5.71 Å². The van der Waals surface area contributed by atoms with E-state index in [4.69, 9.17) is 4.84 Å². The van der Waals surface area contributed by atoms with Crippen molar-refractivity contribution in [1.29, 1.82) is 0 Å². The first-order chi connectivity index (χ1) is 5.05. The molecule has 0 aromatic rings. The molecule has 0 spiro atoms. The molecule has 1 fully saturated rings. The Kier molecular flexibility index (Phi) is 2.21. The minimum Gasteiger partial charge on any atom is -0.399 e. The molecule has 0 aromatic heterocycles. The van der Waals surface area contributed by atoms with E-state index in [1.54, 1.807) is 7.11 Å². The molecule has 11 heavy (non-hydrogen) atoms. The second kappa shape index (κ2) is 2.84. The molecule has 1 rings (SSSR count). The van der Waals surface area contributed by atoms with Gasteiger partial charge >= 0.3 is 0 Å². The molecule has 2 heteroatoms. The van der Waals surface area contributed by atoms with E-state index in [-0.39, 0.29) is 0 Å². The summed E-state index contributed by atoms with van der Waals surface area (Å²) in [7, 11) is 1.62. The summed E-state index contributed by atoms with van der Waals surface area (Å²) in [6.45, 7) is 6.76. The molecule has 0 aromatic carbocycles. The van der Waals surface area contributed by atoms with Crippen molar-refractivity contribution in [2.75, 3.05) is 7.11 Å². The van der Waals surface area contributed by atoms with E-state index >= 15 is 0 Å². The molecule has 2 nitrogen and oxygen atoms in total. The van der Waals surface area contributed by atoms with Crippen LogP contribution in [0.25, 0.3) is 0 Å². The molecule has 0 saturated heterocycles. The Bertz CT molecular complexity index is 167. The van der Waals surface area contributed by atoms with Crippen molar-refractivity contribution in [3.05, 3.63) is 0 Å². The first-order valence-electron chi connectivity index (χ1n) is 4.15. The minimum absolute atomic E-state index is 0.357. The molecule has 0 heterocycles. The highest BCUT2D eigenvalue weighted by molar-refractivity contribution is 5.91. The van der Waals surface area contributed by atoms with E-state index in [0.717, 1.165) is 6.42 Å². The number of rotatable bonds is 1. The number of nitrogens with zero attached hydrogens (tertiary/aromatic N) is 1. The summed E-state index contributed by atoms with van der Waals surface area (Å²) >= 11 is 0. The normalized spacial score (nSPS) is 28.4. The lowest BCUT2D eigenvalue weighted by molar-refractivity contribution is 0.191. The predicted octanol–water partition coefficient (Wildman–Crippen LogP) is 2.44. The SMILES string of the molecule is CO/N=C1/CCC1C(C)(C)C. The van der Waals surface area contributed by atoms with Gasteiger partial charge in [0.1, 0.15) is 7.11 Å². The van der Waals surface area contributed by atoms with E-state index < -0.39 is 0 Å². The molecule has 0 aliphatic heterocycles. The van der Waals surface area contributed by atoms with Crippen LogP contribution in [0.4, 0.5) is 0 Å². The zero-order chi connectivity index (χ0) is 8.48. The van der Waals surface area contributed by atoms with Gasteiger partial charge in [-0.1, -0.05) is 25.9 Å². The molecule has 0 radical (unpaired) electrons. The van der Waals surface area contributed by atoms with Crippen LogP contribution in [0.15, 0.2) is 5.16 Å². The summed E-state index contributed by atoms with van der Waals surface area (Å²) in [5.74, 6) is 0.641. The van der Waals surface area contributed by atoms with E-state index in [1.807, 2.05) is 0 Å². The van der Waals surface area contributed by atoms with Gasteiger partial charge in [0.2, 0.25) is 0 Å². The lowest BCUT2D eigenvalue weighted by atomic mass is 9.67. The van der Waals surface area contributed by atoms with Gasteiger partial charge in [0.25, 0.3) is 0 Å². The predicted molar refractivity (Wildman–Crippen MR) is 46.6 cm³/mol. The van der Waals surface area contributed by atoms with Crippen LogP contribution in [-0.2, 0) is 4.84 Å². The summed E-state index contributed by atoms with van der Waals surface area (Å²) in [5.41, 5.74) is 1.59. The van der Waals surface area contributed by atoms with E-state index in [1.165, 1.54) is 12.1 Å². The van der Waals surface area contributed by atoms with Gasteiger partial charge in [-0.3, -0.25) is 0 Å². The van der Waals surface area contributed by atoms with E-state index in [2.05, 4.69) is 25.9 Å². The molecular formula is C9H17NO. The minimum atomic E-state index is 0.357. The fraction of sp³-hybridized carbons (Fsp3) is 0.889. The van der Waals surface area contributed by atoms with Gasteiger partial charge in [-0.2, -0.15) is 0 Å². The largest absolute Gasteiger partial charge is 0.399 e. The van der Waals surface area contributed by atoms with Gasteiger partial charge in [-0.05, 0) is 18.3 Å². The zero-order valence-electron chi connectivity index (χ0n) is 7.85. The van der Waals surface area contributed by atoms with Crippen LogP contribution >= 0.6 is 0 Å². The Labute approximate surface area is 68.6 Å². The third-order valence-electron chi connectivity index (χ3n) is 2.35. The van der Waals surface area contributed by atoms with Crippen LogP contribution < -0.4 is 0 Å². The fourth-order valence-corrected chi connectivity index (χ4v) is 1.58. The van der Waals surface area contributed by atoms with Crippen LogP contribution in [0, 0.1) is 11.3 Å². The second-order valence-corrected chi connectivity index (χ2v) is 4.22. The molecule has 0 amide bonds. The quantitative estimate of drug-likeness (QED) is 0.533. The Morgan fingerprint density at radius 1 is 1.45 bits per heavy atom. The molecule has 1 atom stereocenters. The van der Waals surface area contributed by atoms with Gasteiger partial charge in [0, 0.05) is 5.92 Å². The molecule has 1 saturated carbocycles. The summed E-state index contributed by atoms with van der Waals surface area (Å²) in [6, 6.07) is 0. The molecule has 1 aliphatic carbocycles.